The molecule has 3 aromatic rings. The van der Waals surface area contributed by atoms with E-state index in [1.807, 2.05) is 24.3 Å². The first kappa shape index (κ1) is 19.5. The number of carbonyl (C=O) groups excluding carboxylic acids is 1. The van der Waals surface area contributed by atoms with Gasteiger partial charge in [0.2, 0.25) is 6.79 Å². The highest BCUT2D eigenvalue weighted by molar-refractivity contribution is 7.13. The molecule has 0 amide bonds. The van der Waals surface area contributed by atoms with Crippen molar-refractivity contribution in [1.82, 2.24) is 4.98 Å². The topological polar surface area (TPSA) is 122 Å². The van der Waals surface area contributed by atoms with Crippen molar-refractivity contribution in [2.24, 2.45) is 0 Å². The Morgan fingerprint density at radius 3 is 2.70 bits per heavy atom. The first-order valence-electron chi connectivity index (χ1n) is 8.64. The molecule has 2 heterocycles. The second-order valence-corrected chi connectivity index (χ2v) is 6.91. The first-order valence-corrected chi connectivity index (χ1v) is 9.52. The lowest BCUT2D eigenvalue weighted by molar-refractivity contribution is -0.385. The number of nitrogens with zero attached hydrogens (tertiary/aromatic N) is 2. The van der Waals surface area contributed by atoms with Gasteiger partial charge in [-0.3, -0.25) is 10.1 Å². The monoisotopic (exact) mass is 429 g/mol. The Balaban J connectivity index is 1.41. The number of esters is 1. The predicted octanol–water partition coefficient (Wildman–Crippen LogP) is 3.89. The molecule has 0 aliphatic carbocycles. The van der Waals surface area contributed by atoms with Crippen molar-refractivity contribution in [3.8, 4) is 17.2 Å². The lowest BCUT2D eigenvalue weighted by Crippen LogP contribution is -2.08. The predicted molar refractivity (Wildman–Crippen MR) is 107 cm³/mol. The zero-order chi connectivity index (χ0) is 21.1. The molecule has 2 aromatic carbocycles. The van der Waals surface area contributed by atoms with Crippen LogP contribution in [0.5, 0.6) is 17.2 Å². The molecule has 0 bridgehead atoms. The van der Waals surface area contributed by atoms with Crippen LogP contribution >= 0.6 is 11.3 Å². The van der Waals surface area contributed by atoms with Crippen LogP contribution in [0.4, 0.5) is 16.5 Å². The van der Waals surface area contributed by atoms with Crippen LogP contribution in [0.25, 0.3) is 0 Å². The second-order valence-electron chi connectivity index (χ2n) is 6.05. The van der Waals surface area contributed by atoms with Crippen molar-refractivity contribution < 1.29 is 28.7 Å². The summed E-state index contributed by atoms with van der Waals surface area (Å²) in [7, 11) is 1.59. The van der Waals surface area contributed by atoms with Crippen LogP contribution in [0.3, 0.4) is 0 Å². The number of hydrogen-bond acceptors (Lipinski definition) is 10. The summed E-state index contributed by atoms with van der Waals surface area (Å²) in [5.74, 6) is 0.363. The summed E-state index contributed by atoms with van der Waals surface area (Å²) in [5, 5.41) is 16.8. The van der Waals surface area contributed by atoms with E-state index < -0.39 is 16.6 Å². The number of rotatable bonds is 7. The molecule has 10 nitrogen and oxygen atoms in total. The molecule has 4 rings (SSSR count). The molecule has 1 aliphatic rings. The number of thiazole rings is 1. The van der Waals surface area contributed by atoms with Gasteiger partial charge < -0.3 is 24.3 Å². The van der Waals surface area contributed by atoms with E-state index in [-0.39, 0.29) is 30.5 Å². The summed E-state index contributed by atoms with van der Waals surface area (Å²) in [6, 6.07) is 9.73. The van der Waals surface area contributed by atoms with Gasteiger partial charge in [-0.25, -0.2) is 9.78 Å². The Morgan fingerprint density at radius 1 is 1.27 bits per heavy atom. The molecule has 11 heteroatoms. The van der Waals surface area contributed by atoms with Crippen LogP contribution in [-0.2, 0) is 11.3 Å². The molecule has 0 atom stereocenters. The van der Waals surface area contributed by atoms with E-state index in [4.69, 9.17) is 18.9 Å². The minimum absolute atomic E-state index is 0.0617. The Labute approximate surface area is 174 Å². The van der Waals surface area contributed by atoms with Crippen LogP contribution in [0.1, 0.15) is 16.1 Å². The minimum atomic E-state index is -0.849. The van der Waals surface area contributed by atoms with Gasteiger partial charge in [-0.2, -0.15) is 0 Å². The van der Waals surface area contributed by atoms with Gasteiger partial charge in [0.05, 0.1) is 23.8 Å². The number of carbonyl (C=O) groups is 1. The fraction of sp³-hybridized carbons (Fsp3) is 0.158. The third kappa shape index (κ3) is 4.10. The van der Waals surface area contributed by atoms with Crippen LogP contribution < -0.4 is 19.5 Å². The Morgan fingerprint density at radius 2 is 2.00 bits per heavy atom. The van der Waals surface area contributed by atoms with E-state index in [1.165, 1.54) is 17.4 Å². The SMILES string of the molecule is COc1ccc(Nc2nc(COC(=O)c3cc4c(cc3[N+](=O)[O-])OCO4)cs2)cc1. The summed E-state index contributed by atoms with van der Waals surface area (Å²) in [6.45, 7) is -0.195. The number of hydrogen-bond donors (Lipinski definition) is 1. The van der Waals surface area contributed by atoms with Crippen molar-refractivity contribution >= 4 is 33.8 Å². The van der Waals surface area contributed by atoms with Gasteiger partial charge in [0.1, 0.15) is 17.9 Å². The highest BCUT2D eigenvalue weighted by atomic mass is 32.1. The number of nitro benzene ring substituents is 1. The van der Waals surface area contributed by atoms with Gasteiger partial charge >= 0.3 is 5.97 Å². The number of nitrogens with one attached hydrogen (secondary N) is 1. The largest absolute Gasteiger partial charge is 0.497 e. The third-order valence-corrected chi connectivity index (χ3v) is 4.96. The van der Waals surface area contributed by atoms with Crippen LogP contribution in [-0.4, -0.2) is 29.8 Å². The summed E-state index contributed by atoms with van der Waals surface area (Å²) < 4.78 is 20.6. The Kier molecular flexibility index (Phi) is 5.35. The zero-order valence-corrected chi connectivity index (χ0v) is 16.4. The van der Waals surface area contributed by atoms with Crippen molar-refractivity contribution in [3.05, 3.63) is 63.1 Å². The summed E-state index contributed by atoms with van der Waals surface area (Å²) in [4.78, 5) is 27.4. The maximum Gasteiger partial charge on any atom is 0.345 e. The Hall–Kier alpha value is -3.86. The van der Waals surface area contributed by atoms with Crippen molar-refractivity contribution in [2.75, 3.05) is 19.2 Å². The van der Waals surface area contributed by atoms with Gasteiger partial charge in [-0.15, -0.1) is 11.3 Å². The molecule has 154 valence electrons. The lowest BCUT2D eigenvalue weighted by atomic mass is 10.1. The highest BCUT2D eigenvalue weighted by Crippen LogP contribution is 2.38. The summed E-state index contributed by atoms with van der Waals surface area (Å²) in [6.07, 6.45) is 0. The molecule has 0 spiro atoms. The molecule has 0 saturated carbocycles. The number of aromatic nitrogens is 1. The normalized spacial score (nSPS) is 11.8. The molecule has 0 unspecified atom stereocenters. The highest BCUT2D eigenvalue weighted by Gasteiger charge is 2.28. The molecule has 0 fully saturated rings. The van der Waals surface area contributed by atoms with Crippen molar-refractivity contribution in [2.45, 2.75) is 6.61 Å². The maximum absolute atomic E-state index is 12.4. The minimum Gasteiger partial charge on any atom is -0.497 e. The van der Waals surface area contributed by atoms with E-state index in [9.17, 15) is 14.9 Å². The first-order chi connectivity index (χ1) is 14.5. The third-order valence-electron chi connectivity index (χ3n) is 4.15. The van der Waals surface area contributed by atoms with E-state index in [0.717, 1.165) is 17.5 Å². The molecule has 0 saturated heterocycles. The second kappa shape index (κ2) is 8.25. The summed E-state index contributed by atoms with van der Waals surface area (Å²) in [5.41, 5.74) is 0.706. The smallest absolute Gasteiger partial charge is 0.345 e. The number of benzene rings is 2. The molecule has 1 aliphatic heterocycles. The van der Waals surface area contributed by atoms with E-state index >= 15 is 0 Å². The van der Waals surface area contributed by atoms with Gasteiger partial charge in [0.25, 0.3) is 5.69 Å². The zero-order valence-electron chi connectivity index (χ0n) is 15.6. The molecule has 30 heavy (non-hydrogen) atoms. The quantitative estimate of drug-likeness (QED) is 0.338. The van der Waals surface area contributed by atoms with E-state index in [1.54, 1.807) is 12.5 Å². The van der Waals surface area contributed by atoms with Crippen molar-refractivity contribution in [1.29, 1.82) is 0 Å². The average Bonchev–Trinajstić information content (AvgIpc) is 3.40. The Bertz CT molecular complexity index is 1100. The fourth-order valence-corrected chi connectivity index (χ4v) is 3.41. The summed E-state index contributed by atoms with van der Waals surface area (Å²) >= 11 is 1.34. The molecule has 1 N–H and O–H groups in total. The number of methoxy groups -OCH3 is 1. The number of nitro groups is 1. The number of ether oxygens (including phenoxy) is 4. The van der Waals surface area contributed by atoms with Crippen LogP contribution in [0, 0.1) is 10.1 Å². The molecular formula is C19H15N3O7S. The molecular weight excluding hydrogens is 414 g/mol. The van der Waals surface area contributed by atoms with Gasteiger partial charge in [0, 0.05) is 17.1 Å². The van der Waals surface area contributed by atoms with Crippen LogP contribution in [0.15, 0.2) is 41.8 Å². The molecule has 1 aromatic heterocycles. The van der Waals surface area contributed by atoms with Gasteiger partial charge in [-0.1, -0.05) is 0 Å². The fourth-order valence-electron chi connectivity index (χ4n) is 2.69. The van der Waals surface area contributed by atoms with Crippen molar-refractivity contribution in [3.63, 3.8) is 0 Å². The lowest BCUT2D eigenvalue weighted by Gasteiger charge is -2.06. The molecule has 0 radical (unpaired) electrons. The number of anilines is 2. The van der Waals surface area contributed by atoms with E-state index in [0.29, 0.717) is 10.8 Å². The van der Waals surface area contributed by atoms with Crippen LogP contribution in [0.2, 0.25) is 0 Å². The standard InChI is InChI=1S/C19H15N3O7S/c1-26-13-4-2-11(3-5-13)20-19-21-12(9-30-19)8-27-18(23)14-6-16-17(29-10-28-16)7-15(14)22(24)25/h2-7,9H,8,10H2,1H3,(H,20,21). The average molecular weight is 429 g/mol. The van der Waals surface area contributed by atoms with Gasteiger partial charge in [0.15, 0.2) is 16.6 Å². The van der Waals surface area contributed by atoms with E-state index in [2.05, 4.69) is 10.3 Å². The maximum atomic E-state index is 12.4. The number of fused-ring (bicyclic) bond motifs is 1. The van der Waals surface area contributed by atoms with Gasteiger partial charge in [-0.05, 0) is 24.3 Å².